The molecule has 0 heterocycles. The topological polar surface area (TPSA) is 52.6 Å². The van der Waals surface area contributed by atoms with Crippen molar-refractivity contribution in [3.05, 3.63) is 12.2 Å². The van der Waals surface area contributed by atoms with E-state index in [2.05, 4.69) is 19.1 Å². The van der Waals surface area contributed by atoms with Gasteiger partial charge in [-0.1, -0.05) is 12.2 Å². The highest BCUT2D eigenvalue weighted by molar-refractivity contribution is 5.84. The zero-order valence-corrected chi connectivity index (χ0v) is 16.8. The number of esters is 2. The van der Waals surface area contributed by atoms with Crippen LogP contribution in [0.15, 0.2) is 12.2 Å². The fourth-order valence-corrected chi connectivity index (χ4v) is 7.03. The van der Waals surface area contributed by atoms with Crippen LogP contribution in [0.25, 0.3) is 0 Å². The van der Waals surface area contributed by atoms with Crippen LogP contribution in [0.1, 0.15) is 65.7 Å². The zero-order valence-electron chi connectivity index (χ0n) is 16.8. The second-order valence-corrected chi connectivity index (χ2v) is 10.7. The van der Waals surface area contributed by atoms with Gasteiger partial charge in [-0.25, -0.2) is 4.79 Å². The Kier molecular flexibility index (Phi) is 3.84. The first-order valence-corrected chi connectivity index (χ1v) is 10.9. The Morgan fingerprint density at radius 1 is 0.926 bits per heavy atom. The molecular weight excluding hydrogens is 340 g/mol. The fraction of sp³-hybridized carbons (Fsp3) is 0.826. The number of hydrogen-bond donors (Lipinski definition) is 0. The zero-order chi connectivity index (χ0) is 19.0. The van der Waals surface area contributed by atoms with E-state index in [9.17, 15) is 9.59 Å². The lowest BCUT2D eigenvalue weighted by atomic mass is 9.50. The third kappa shape index (κ3) is 2.77. The molecule has 27 heavy (non-hydrogen) atoms. The maximum atomic E-state index is 13.1. The van der Waals surface area contributed by atoms with Gasteiger partial charge in [0, 0.05) is 0 Å². The molecule has 0 aliphatic heterocycles. The average Bonchev–Trinajstić information content (AvgIpc) is 3.22. The predicted octanol–water partition coefficient (Wildman–Crippen LogP) is 4.28. The molecule has 0 amide bonds. The van der Waals surface area contributed by atoms with Gasteiger partial charge in [0.1, 0.15) is 5.60 Å². The van der Waals surface area contributed by atoms with Gasteiger partial charge in [0.2, 0.25) is 5.60 Å². The number of carbonyl (C=O) groups is 2. The Morgan fingerprint density at radius 2 is 1.56 bits per heavy atom. The van der Waals surface area contributed by atoms with Gasteiger partial charge in [0.15, 0.2) is 0 Å². The molecule has 0 radical (unpaired) electrons. The van der Waals surface area contributed by atoms with Crippen molar-refractivity contribution >= 4 is 11.9 Å². The molecule has 6 aliphatic rings. The predicted molar refractivity (Wildman–Crippen MR) is 101 cm³/mol. The molecule has 5 saturated carbocycles. The Hall–Kier alpha value is -1.32. The van der Waals surface area contributed by atoms with Crippen LogP contribution in [0.3, 0.4) is 0 Å². The summed E-state index contributed by atoms with van der Waals surface area (Å²) < 4.78 is 11.9. The molecule has 0 aromatic heterocycles. The maximum absolute atomic E-state index is 13.1. The Labute approximate surface area is 162 Å². The molecule has 148 valence electrons. The highest BCUT2D eigenvalue weighted by Crippen LogP contribution is 2.59. The first-order chi connectivity index (χ1) is 12.7. The van der Waals surface area contributed by atoms with Crippen LogP contribution in [0.5, 0.6) is 0 Å². The lowest BCUT2D eigenvalue weighted by Crippen LogP contribution is -2.59. The summed E-state index contributed by atoms with van der Waals surface area (Å²) >= 11 is 0. The van der Waals surface area contributed by atoms with Crippen LogP contribution in [-0.2, 0) is 19.1 Å². The van der Waals surface area contributed by atoms with Crippen molar-refractivity contribution in [1.82, 2.24) is 0 Å². The first-order valence-electron chi connectivity index (χ1n) is 10.9. The Morgan fingerprint density at radius 3 is 2.07 bits per heavy atom. The van der Waals surface area contributed by atoms with E-state index in [0.717, 1.165) is 24.7 Å². The molecule has 0 aromatic rings. The van der Waals surface area contributed by atoms with Crippen molar-refractivity contribution in [2.75, 3.05) is 0 Å². The molecule has 0 spiro atoms. The van der Waals surface area contributed by atoms with Gasteiger partial charge in [-0.15, -0.1) is 0 Å². The normalized spacial score (nSPS) is 46.7. The van der Waals surface area contributed by atoms with Crippen LogP contribution < -0.4 is 0 Å². The second-order valence-electron chi connectivity index (χ2n) is 10.7. The van der Waals surface area contributed by atoms with E-state index in [1.165, 1.54) is 32.1 Å². The maximum Gasteiger partial charge on any atom is 0.350 e. The standard InChI is InChI=1S/C23H32O4/c1-22(2,26-20(24)19-12-13-4-5-16(19)7-13)21(25)27-23(3)17-8-14-6-15(10-17)11-18(23)9-14/h4-5,13-19H,6-12H2,1-3H3. The molecular formula is C23H32O4. The van der Waals surface area contributed by atoms with Crippen LogP contribution in [0.4, 0.5) is 0 Å². The molecule has 6 rings (SSSR count). The summed E-state index contributed by atoms with van der Waals surface area (Å²) in [7, 11) is 0. The van der Waals surface area contributed by atoms with E-state index in [1.54, 1.807) is 13.8 Å². The van der Waals surface area contributed by atoms with Gasteiger partial charge in [-0.05, 0) is 101 Å². The molecule has 6 bridgehead atoms. The highest BCUT2D eigenvalue weighted by atomic mass is 16.6. The third-order valence-electron chi connectivity index (χ3n) is 8.50. The van der Waals surface area contributed by atoms with Crippen molar-refractivity contribution < 1.29 is 19.1 Å². The van der Waals surface area contributed by atoms with E-state index in [0.29, 0.717) is 17.8 Å². The summed E-state index contributed by atoms with van der Waals surface area (Å²) in [4.78, 5) is 25.8. The Bertz CT molecular complexity index is 662. The van der Waals surface area contributed by atoms with Crippen LogP contribution in [0.2, 0.25) is 0 Å². The summed E-state index contributed by atoms with van der Waals surface area (Å²) in [5.41, 5.74) is -1.61. The van der Waals surface area contributed by atoms with Crippen molar-refractivity contribution in [2.24, 2.45) is 41.4 Å². The molecule has 3 atom stereocenters. The molecule has 6 aliphatic carbocycles. The molecule has 5 fully saturated rings. The van der Waals surface area contributed by atoms with Gasteiger partial charge < -0.3 is 9.47 Å². The number of hydrogen-bond acceptors (Lipinski definition) is 4. The number of ether oxygens (including phenoxy) is 2. The molecule has 3 unspecified atom stereocenters. The Balaban J connectivity index is 1.26. The summed E-state index contributed by atoms with van der Waals surface area (Å²) in [6.45, 7) is 5.52. The summed E-state index contributed by atoms with van der Waals surface area (Å²) in [6.07, 6.45) is 12.4. The van der Waals surface area contributed by atoms with E-state index in [-0.39, 0.29) is 29.4 Å². The van der Waals surface area contributed by atoms with Gasteiger partial charge in [-0.3, -0.25) is 4.79 Å². The lowest BCUT2D eigenvalue weighted by molar-refractivity contribution is -0.221. The van der Waals surface area contributed by atoms with Crippen LogP contribution in [0, 0.1) is 41.4 Å². The van der Waals surface area contributed by atoms with E-state index >= 15 is 0 Å². The number of carbonyl (C=O) groups excluding carboxylic acids is 2. The first kappa shape index (κ1) is 17.8. The minimum atomic E-state index is -1.22. The second kappa shape index (κ2) is 5.84. The summed E-state index contributed by atoms with van der Waals surface area (Å²) in [5.74, 6) is 2.70. The largest absolute Gasteiger partial charge is 0.456 e. The third-order valence-corrected chi connectivity index (χ3v) is 8.50. The van der Waals surface area contributed by atoms with Gasteiger partial charge in [0.05, 0.1) is 5.92 Å². The van der Waals surface area contributed by atoms with Crippen LogP contribution >= 0.6 is 0 Å². The average molecular weight is 373 g/mol. The SMILES string of the molecule is CC(C)(OC(=O)C1CC2C=CC1C2)C(=O)OC1(C)C2CC3CC(C2)CC1C3. The minimum absolute atomic E-state index is 0.0937. The summed E-state index contributed by atoms with van der Waals surface area (Å²) in [6, 6.07) is 0. The number of allylic oxidation sites excluding steroid dienone is 2. The molecule has 0 saturated heterocycles. The van der Waals surface area contributed by atoms with Crippen molar-refractivity contribution in [3.63, 3.8) is 0 Å². The van der Waals surface area contributed by atoms with E-state index in [1.807, 2.05) is 0 Å². The number of fused-ring (bicyclic) bond motifs is 2. The fourth-order valence-electron chi connectivity index (χ4n) is 7.03. The lowest BCUT2D eigenvalue weighted by Gasteiger charge is -2.59. The van der Waals surface area contributed by atoms with Crippen molar-refractivity contribution in [1.29, 1.82) is 0 Å². The molecule has 0 N–H and O–H groups in total. The molecule has 4 heteroatoms. The monoisotopic (exact) mass is 372 g/mol. The van der Waals surface area contributed by atoms with Crippen LogP contribution in [-0.4, -0.2) is 23.1 Å². The minimum Gasteiger partial charge on any atom is -0.456 e. The van der Waals surface area contributed by atoms with Gasteiger partial charge >= 0.3 is 11.9 Å². The smallest absolute Gasteiger partial charge is 0.350 e. The summed E-state index contributed by atoms with van der Waals surface area (Å²) in [5, 5.41) is 0. The van der Waals surface area contributed by atoms with Gasteiger partial charge in [-0.2, -0.15) is 0 Å². The number of rotatable bonds is 4. The van der Waals surface area contributed by atoms with Crippen molar-refractivity contribution in [3.8, 4) is 0 Å². The van der Waals surface area contributed by atoms with E-state index < -0.39 is 5.60 Å². The highest BCUT2D eigenvalue weighted by Gasteiger charge is 2.58. The van der Waals surface area contributed by atoms with E-state index in [4.69, 9.17) is 9.47 Å². The molecule has 0 aromatic carbocycles. The quantitative estimate of drug-likeness (QED) is 0.546. The van der Waals surface area contributed by atoms with Gasteiger partial charge in [0.25, 0.3) is 0 Å². The van der Waals surface area contributed by atoms with Crippen molar-refractivity contribution in [2.45, 2.75) is 76.9 Å². The molecule has 4 nitrogen and oxygen atoms in total.